The van der Waals surface area contributed by atoms with Crippen molar-refractivity contribution in [3.05, 3.63) is 24.2 Å². The molecule has 1 aromatic heterocycles. The molecule has 0 radical (unpaired) electrons. The van der Waals surface area contributed by atoms with E-state index in [1.54, 1.807) is 13.3 Å². The highest BCUT2D eigenvalue weighted by molar-refractivity contribution is 5.77. The van der Waals surface area contributed by atoms with Crippen LogP contribution in [0, 0.1) is 0 Å². The summed E-state index contributed by atoms with van der Waals surface area (Å²) in [5, 5.41) is 5.56. The molecule has 13 heavy (non-hydrogen) atoms. The number of amides is 1. The molecule has 0 aliphatic carbocycles. The molecule has 1 amide bonds. The van der Waals surface area contributed by atoms with Crippen LogP contribution in [0.25, 0.3) is 0 Å². The summed E-state index contributed by atoms with van der Waals surface area (Å²) < 4.78 is 5.17. The number of hydrogen-bond acceptors (Lipinski definition) is 3. The van der Waals surface area contributed by atoms with E-state index in [0.29, 0.717) is 6.54 Å². The predicted molar refractivity (Wildman–Crippen MR) is 49.2 cm³/mol. The molecule has 0 saturated carbocycles. The molecule has 1 atom stereocenters. The van der Waals surface area contributed by atoms with Gasteiger partial charge >= 0.3 is 0 Å². The zero-order valence-corrected chi connectivity index (χ0v) is 7.83. The first-order chi connectivity index (χ1) is 6.24. The molecule has 0 unspecified atom stereocenters. The maximum absolute atomic E-state index is 10.9. The number of likely N-dealkylation sites (N-methyl/N-ethyl adjacent to an activating group) is 1. The minimum absolute atomic E-state index is 0.0293. The number of hydrogen-bond donors (Lipinski definition) is 2. The van der Waals surface area contributed by atoms with Crippen LogP contribution >= 0.6 is 0 Å². The second-order valence-electron chi connectivity index (χ2n) is 2.79. The predicted octanol–water partition coefficient (Wildman–Crippen LogP) is 0.676. The lowest BCUT2D eigenvalue weighted by atomic mass is 10.2. The van der Waals surface area contributed by atoms with Gasteiger partial charge in [-0.3, -0.25) is 10.1 Å². The third kappa shape index (κ3) is 2.91. The molecule has 0 spiro atoms. The molecule has 4 heteroatoms. The van der Waals surface area contributed by atoms with Crippen LogP contribution in [-0.4, -0.2) is 19.5 Å². The molecule has 4 nitrogen and oxygen atoms in total. The maximum atomic E-state index is 10.9. The Bertz CT molecular complexity index is 257. The van der Waals surface area contributed by atoms with Gasteiger partial charge in [0, 0.05) is 7.05 Å². The van der Waals surface area contributed by atoms with E-state index in [0.717, 1.165) is 5.76 Å². The van der Waals surface area contributed by atoms with Crippen LogP contribution < -0.4 is 10.6 Å². The minimum Gasteiger partial charge on any atom is -0.468 e. The standard InChI is InChI=1S/C9H14N2O2/c1-7(8-4-3-5-13-8)11-6-9(12)10-2/h3-5,7,11H,6H2,1-2H3,(H,10,12)/t7-/m1/s1. The Balaban J connectivity index is 2.34. The van der Waals surface area contributed by atoms with Crippen molar-refractivity contribution in [3.8, 4) is 0 Å². The summed E-state index contributed by atoms with van der Waals surface area (Å²) in [6, 6.07) is 3.77. The van der Waals surface area contributed by atoms with Gasteiger partial charge in [-0.25, -0.2) is 0 Å². The molecular weight excluding hydrogens is 168 g/mol. The molecule has 0 fully saturated rings. The van der Waals surface area contributed by atoms with Crippen LogP contribution in [0.1, 0.15) is 18.7 Å². The topological polar surface area (TPSA) is 54.3 Å². The van der Waals surface area contributed by atoms with Crippen molar-refractivity contribution in [1.29, 1.82) is 0 Å². The lowest BCUT2D eigenvalue weighted by molar-refractivity contribution is -0.119. The first-order valence-corrected chi connectivity index (χ1v) is 4.21. The van der Waals surface area contributed by atoms with Crippen molar-refractivity contribution in [2.75, 3.05) is 13.6 Å². The molecule has 0 aromatic carbocycles. The van der Waals surface area contributed by atoms with Gasteiger partial charge in [0.2, 0.25) is 5.91 Å². The summed E-state index contributed by atoms with van der Waals surface area (Å²) in [7, 11) is 1.61. The second kappa shape index (κ2) is 4.67. The van der Waals surface area contributed by atoms with Gasteiger partial charge in [-0.1, -0.05) is 0 Å². The summed E-state index contributed by atoms with van der Waals surface area (Å²) >= 11 is 0. The van der Waals surface area contributed by atoms with Crippen LogP contribution in [-0.2, 0) is 4.79 Å². The van der Waals surface area contributed by atoms with Crippen LogP contribution in [0.15, 0.2) is 22.8 Å². The Hall–Kier alpha value is -1.29. The fourth-order valence-electron chi connectivity index (χ4n) is 0.972. The molecule has 72 valence electrons. The molecule has 0 bridgehead atoms. The summed E-state index contributed by atoms with van der Waals surface area (Å²) in [4.78, 5) is 10.9. The Morgan fingerprint density at radius 3 is 3.00 bits per heavy atom. The van der Waals surface area contributed by atoms with Gasteiger partial charge in [0.05, 0.1) is 18.8 Å². The zero-order chi connectivity index (χ0) is 9.68. The first kappa shape index (κ1) is 9.80. The smallest absolute Gasteiger partial charge is 0.233 e. The molecule has 2 N–H and O–H groups in total. The minimum atomic E-state index is -0.0293. The number of carbonyl (C=O) groups excluding carboxylic acids is 1. The van der Waals surface area contributed by atoms with Gasteiger partial charge < -0.3 is 9.73 Å². The van der Waals surface area contributed by atoms with Gasteiger partial charge in [0.25, 0.3) is 0 Å². The van der Waals surface area contributed by atoms with Crippen molar-refractivity contribution in [2.24, 2.45) is 0 Å². The van der Waals surface area contributed by atoms with Crippen molar-refractivity contribution < 1.29 is 9.21 Å². The van der Waals surface area contributed by atoms with Crippen LogP contribution in [0.4, 0.5) is 0 Å². The number of carbonyl (C=O) groups is 1. The summed E-state index contributed by atoms with van der Waals surface area (Å²) in [6.07, 6.45) is 1.62. The highest BCUT2D eigenvalue weighted by atomic mass is 16.3. The third-order valence-electron chi connectivity index (χ3n) is 1.82. The fraction of sp³-hybridized carbons (Fsp3) is 0.444. The first-order valence-electron chi connectivity index (χ1n) is 4.21. The van der Waals surface area contributed by atoms with Crippen LogP contribution in [0.5, 0.6) is 0 Å². The lowest BCUT2D eigenvalue weighted by Crippen LogP contribution is -2.32. The SMILES string of the molecule is CNC(=O)CN[C@H](C)c1ccco1. The normalized spacial score (nSPS) is 12.5. The number of rotatable bonds is 4. The van der Waals surface area contributed by atoms with E-state index in [4.69, 9.17) is 4.42 Å². The number of furan rings is 1. The molecule has 1 aromatic rings. The molecule has 0 aliphatic heterocycles. The Kier molecular flexibility index (Phi) is 3.52. The summed E-state index contributed by atoms with van der Waals surface area (Å²) in [5.41, 5.74) is 0. The average Bonchev–Trinajstić information content (AvgIpc) is 2.66. The molecule has 0 saturated heterocycles. The van der Waals surface area contributed by atoms with Crippen molar-refractivity contribution in [3.63, 3.8) is 0 Å². The summed E-state index contributed by atoms with van der Waals surface area (Å²) in [6.45, 7) is 2.25. The van der Waals surface area contributed by atoms with Gasteiger partial charge in [0.1, 0.15) is 5.76 Å². The largest absolute Gasteiger partial charge is 0.468 e. The van der Waals surface area contributed by atoms with E-state index >= 15 is 0 Å². The fourth-order valence-corrected chi connectivity index (χ4v) is 0.972. The second-order valence-corrected chi connectivity index (χ2v) is 2.79. The van der Waals surface area contributed by atoms with E-state index in [9.17, 15) is 4.79 Å². The van der Waals surface area contributed by atoms with Crippen molar-refractivity contribution in [1.82, 2.24) is 10.6 Å². The van der Waals surface area contributed by atoms with E-state index in [1.165, 1.54) is 0 Å². The Labute approximate surface area is 77.3 Å². The van der Waals surface area contributed by atoms with Crippen molar-refractivity contribution >= 4 is 5.91 Å². The van der Waals surface area contributed by atoms with E-state index in [2.05, 4.69) is 10.6 Å². The monoisotopic (exact) mass is 182 g/mol. The van der Waals surface area contributed by atoms with Gasteiger partial charge in [-0.2, -0.15) is 0 Å². The molecule has 0 aliphatic rings. The Morgan fingerprint density at radius 2 is 2.46 bits per heavy atom. The Morgan fingerprint density at radius 1 is 1.69 bits per heavy atom. The summed E-state index contributed by atoms with van der Waals surface area (Å²) in [5.74, 6) is 0.808. The van der Waals surface area contributed by atoms with Crippen LogP contribution in [0.2, 0.25) is 0 Å². The molecular formula is C9H14N2O2. The van der Waals surface area contributed by atoms with E-state index in [-0.39, 0.29) is 11.9 Å². The van der Waals surface area contributed by atoms with Crippen molar-refractivity contribution in [2.45, 2.75) is 13.0 Å². The zero-order valence-electron chi connectivity index (χ0n) is 7.83. The van der Waals surface area contributed by atoms with E-state index < -0.39 is 0 Å². The average molecular weight is 182 g/mol. The molecule has 1 heterocycles. The lowest BCUT2D eigenvalue weighted by Gasteiger charge is -2.09. The highest BCUT2D eigenvalue weighted by Crippen LogP contribution is 2.11. The quantitative estimate of drug-likeness (QED) is 0.719. The maximum Gasteiger partial charge on any atom is 0.233 e. The third-order valence-corrected chi connectivity index (χ3v) is 1.82. The van der Waals surface area contributed by atoms with E-state index in [1.807, 2.05) is 19.1 Å². The van der Waals surface area contributed by atoms with Gasteiger partial charge in [-0.05, 0) is 19.1 Å². The van der Waals surface area contributed by atoms with Gasteiger partial charge in [-0.15, -0.1) is 0 Å². The van der Waals surface area contributed by atoms with Crippen LogP contribution in [0.3, 0.4) is 0 Å². The highest BCUT2D eigenvalue weighted by Gasteiger charge is 2.08. The van der Waals surface area contributed by atoms with Gasteiger partial charge in [0.15, 0.2) is 0 Å². The number of nitrogens with one attached hydrogen (secondary N) is 2. The molecule has 1 rings (SSSR count).